The summed E-state index contributed by atoms with van der Waals surface area (Å²) in [6.45, 7) is 8.61. The molecule has 1 aromatic rings. The normalized spacial score (nSPS) is 12.2. The molecule has 0 saturated carbocycles. The zero-order valence-corrected chi connectivity index (χ0v) is 13.6. The van der Waals surface area contributed by atoms with Gasteiger partial charge in [-0.1, -0.05) is 20.8 Å². The van der Waals surface area contributed by atoms with Gasteiger partial charge in [0.15, 0.2) is 0 Å². The minimum Gasteiger partial charge on any atom is -0.312 e. The van der Waals surface area contributed by atoms with Crippen LogP contribution in [0, 0.1) is 0 Å². The molecule has 0 aliphatic heterocycles. The van der Waals surface area contributed by atoms with E-state index in [9.17, 15) is 8.42 Å². The van der Waals surface area contributed by atoms with Gasteiger partial charge in [0.2, 0.25) is 10.0 Å². The lowest BCUT2D eigenvalue weighted by Gasteiger charge is -2.20. The predicted molar refractivity (Wildman–Crippen MR) is 81.0 cm³/mol. The Morgan fingerprint density at radius 3 is 2.58 bits per heavy atom. The Balaban J connectivity index is 2.91. The highest BCUT2D eigenvalue weighted by Gasteiger charge is 2.25. The first-order valence-corrected chi connectivity index (χ1v) is 9.17. The van der Waals surface area contributed by atoms with Crippen molar-refractivity contribution in [3.8, 4) is 0 Å². The van der Waals surface area contributed by atoms with Gasteiger partial charge in [-0.3, -0.25) is 0 Å². The lowest BCUT2D eigenvalue weighted by atomic mass is 10.4. The van der Waals surface area contributed by atoms with Gasteiger partial charge in [-0.15, -0.1) is 11.3 Å². The summed E-state index contributed by atoms with van der Waals surface area (Å²) in [6.07, 6.45) is 1.88. The van der Waals surface area contributed by atoms with E-state index in [4.69, 9.17) is 0 Å². The van der Waals surface area contributed by atoms with Crippen molar-refractivity contribution < 1.29 is 8.42 Å². The van der Waals surface area contributed by atoms with Crippen molar-refractivity contribution in [3.63, 3.8) is 0 Å². The maximum absolute atomic E-state index is 12.6. The summed E-state index contributed by atoms with van der Waals surface area (Å²) >= 11 is 1.50. The summed E-state index contributed by atoms with van der Waals surface area (Å²) in [4.78, 5) is 1.37. The molecule has 1 heterocycles. The van der Waals surface area contributed by atoms with Crippen LogP contribution in [0.5, 0.6) is 0 Å². The Labute approximate surface area is 120 Å². The molecule has 0 unspecified atom stereocenters. The Bertz CT molecular complexity index is 469. The smallest absolute Gasteiger partial charge is 0.244 e. The van der Waals surface area contributed by atoms with Crippen LogP contribution in [-0.2, 0) is 16.6 Å². The molecule has 0 radical (unpaired) electrons. The van der Waals surface area contributed by atoms with Crippen molar-refractivity contribution in [3.05, 3.63) is 16.3 Å². The van der Waals surface area contributed by atoms with Gasteiger partial charge in [0, 0.05) is 24.5 Å². The van der Waals surface area contributed by atoms with Gasteiger partial charge < -0.3 is 5.32 Å². The molecule has 6 heteroatoms. The molecule has 1 aromatic heterocycles. The number of hydrogen-bond donors (Lipinski definition) is 1. The SMILES string of the molecule is CCCNCc1sccc1S(=O)(=O)N(CC)CCC. The molecule has 0 bridgehead atoms. The van der Waals surface area contributed by atoms with Crippen LogP contribution in [0.1, 0.15) is 38.5 Å². The molecule has 0 aliphatic carbocycles. The number of rotatable bonds is 9. The molecule has 0 spiro atoms. The number of hydrogen-bond acceptors (Lipinski definition) is 4. The summed E-state index contributed by atoms with van der Waals surface area (Å²) in [6, 6.07) is 1.72. The molecule has 0 aliphatic rings. The molecule has 110 valence electrons. The van der Waals surface area contributed by atoms with Crippen LogP contribution in [-0.4, -0.2) is 32.4 Å². The van der Waals surface area contributed by atoms with Crippen molar-refractivity contribution in [2.75, 3.05) is 19.6 Å². The lowest BCUT2D eigenvalue weighted by molar-refractivity contribution is 0.426. The van der Waals surface area contributed by atoms with Crippen LogP contribution < -0.4 is 5.32 Å². The molecule has 1 N–H and O–H groups in total. The maximum Gasteiger partial charge on any atom is 0.244 e. The molecule has 0 saturated heterocycles. The summed E-state index contributed by atoms with van der Waals surface area (Å²) in [5, 5.41) is 5.12. The van der Waals surface area contributed by atoms with Gasteiger partial charge in [-0.25, -0.2) is 8.42 Å². The first kappa shape index (κ1) is 16.6. The Morgan fingerprint density at radius 2 is 2.00 bits per heavy atom. The second-order valence-electron chi connectivity index (χ2n) is 4.38. The second-order valence-corrected chi connectivity index (χ2v) is 7.29. The molecule has 1 rings (SSSR count). The van der Waals surface area contributed by atoms with Crippen LogP contribution in [0.4, 0.5) is 0 Å². The van der Waals surface area contributed by atoms with Crippen LogP contribution in [0.3, 0.4) is 0 Å². The van der Waals surface area contributed by atoms with Crippen molar-refractivity contribution in [1.29, 1.82) is 0 Å². The third-order valence-corrected chi connectivity index (χ3v) is 5.97. The average molecular weight is 304 g/mol. The standard InChI is InChI=1S/C13H24N2O2S2/c1-4-8-14-11-12-13(7-10-18-12)19(16,17)15(6-3)9-5-2/h7,10,14H,4-6,8-9,11H2,1-3H3. The minimum absolute atomic E-state index is 0.469. The average Bonchev–Trinajstić information content (AvgIpc) is 2.85. The van der Waals surface area contributed by atoms with Crippen molar-refractivity contribution in [2.45, 2.75) is 45.1 Å². The molecule has 19 heavy (non-hydrogen) atoms. The van der Waals surface area contributed by atoms with E-state index in [0.29, 0.717) is 24.5 Å². The Morgan fingerprint density at radius 1 is 1.26 bits per heavy atom. The summed E-state index contributed by atoms with van der Waals surface area (Å²) in [5.41, 5.74) is 0. The predicted octanol–water partition coefficient (Wildman–Crippen LogP) is 2.67. The molecular weight excluding hydrogens is 280 g/mol. The zero-order valence-electron chi connectivity index (χ0n) is 12.0. The minimum atomic E-state index is -3.33. The molecule has 0 amide bonds. The summed E-state index contributed by atoms with van der Waals surface area (Å²) < 4.78 is 26.7. The quantitative estimate of drug-likeness (QED) is 0.714. The van der Waals surface area contributed by atoms with Crippen LogP contribution >= 0.6 is 11.3 Å². The molecule has 0 atom stereocenters. The van der Waals surface area contributed by atoms with Crippen LogP contribution in [0.25, 0.3) is 0 Å². The van der Waals surface area contributed by atoms with Gasteiger partial charge in [0.05, 0.1) is 4.90 Å². The van der Waals surface area contributed by atoms with Crippen molar-refractivity contribution in [1.82, 2.24) is 9.62 Å². The van der Waals surface area contributed by atoms with Gasteiger partial charge in [-0.05, 0) is 30.8 Å². The Hall–Kier alpha value is -0.430. The number of thiophene rings is 1. The fraction of sp³-hybridized carbons (Fsp3) is 0.692. The fourth-order valence-electron chi connectivity index (χ4n) is 1.90. The van der Waals surface area contributed by atoms with E-state index in [2.05, 4.69) is 12.2 Å². The third-order valence-electron chi connectivity index (χ3n) is 2.86. The number of sulfonamides is 1. The van der Waals surface area contributed by atoms with E-state index in [1.807, 2.05) is 19.2 Å². The van der Waals surface area contributed by atoms with Gasteiger partial charge in [0.25, 0.3) is 0 Å². The second kappa shape index (κ2) is 7.99. The van der Waals surface area contributed by atoms with Crippen LogP contribution in [0.15, 0.2) is 16.3 Å². The highest BCUT2D eigenvalue weighted by atomic mass is 32.2. The largest absolute Gasteiger partial charge is 0.312 e. The summed E-state index contributed by atoms with van der Waals surface area (Å²) in [5.74, 6) is 0. The van der Waals surface area contributed by atoms with Gasteiger partial charge >= 0.3 is 0 Å². The molecular formula is C13H24N2O2S2. The highest BCUT2D eigenvalue weighted by molar-refractivity contribution is 7.89. The third kappa shape index (κ3) is 4.27. The molecule has 0 aromatic carbocycles. The van der Waals surface area contributed by atoms with E-state index >= 15 is 0 Å². The fourth-order valence-corrected chi connectivity index (χ4v) is 4.83. The van der Waals surface area contributed by atoms with Crippen LogP contribution in [0.2, 0.25) is 0 Å². The van der Waals surface area contributed by atoms with Gasteiger partial charge in [0.1, 0.15) is 0 Å². The van der Waals surface area contributed by atoms with Crippen molar-refractivity contribution in [2.24, 2.45) is 0 Å². The highest BCUT2D eigenvalue weighted by Crippen LogP contribution is 2.25. The first-order valence-electron chi connectivity index (χ1n) is 6.85. The van der Waals surface area contributed by atoms with E-state index in [1.54, 1.807) is 10.4 Å². The topological polar surface area (TPSA) is 49.4 Å². The molecule has 0 fully saturated rings. The van der Waals surface area contributed by atoms with Gasteiger partial charge in [-0.2, -0.15) is 4.31 Å². The zero-order chi connectivity index (χ0) is 14.3. The van der Waals surface area contributed by atoms with E-state index in [-0.39, 0.29) is 0 Å². The first-order chi connectivity index (χ1) is 9.07. The van der Waals surface area contributed by atoms with E-state index < -0.39 is 10.0 Å². The molecule has 4 nitrogen and oxygen atoms in total. The van der Waals surface area contributed by atoms with Crippen molar-refractivity contribution >= 4 is 21.4 Å². The lowest BCUT2D eigenvalue weighted by Crippen LogP contribution is -2.32. The summed E-state index contributed by atoms with van der Waals surface area (Å²) in [7, 11) is -3.33. The monoisotopic (exact) mass is 304 g/mol. The number of nitrogens with one attached hydrogen (secondary N) is 1. The van der Waals surface area contributed by atoms with E-state index in [1.165, 1.54) is 11.3 Å². The number of nitrogens with zero attached hydrogens (tertiary/aromatic N) is 1. The Kier molecular flexibility index (Phi) is 6.99. The maximum atomic E-state index is 12.6. The van der Waals surface area contributed by atoms with E-state index in [0.717, 1.165) is 24.3 Å².